The van der Waals surface area contributed by atoms with E-state index in [-0.39, 0.29) is 8.46 Å². The molecule has 0 atom stereocenters. The van der Waals surface area contributed by atoms with E-state index in [1.165, 1.54) is 11.1 Å². The Hall–Kier alpha value is -1.46. The summed E-state index contributed by atoms with van der Waals surface area (Å²) in [6.07, 6.45) is 2.08. The van der Waals surface area contributed by atoms with Gasteiger partial charge in [-0.3, -0.25) is 4.57 Å². The fourth-order valence-electron chi connectivity index (χ4n) is 1.66. The van der Waals surface area contributed by atoms with Crippen LogP contribution in [-0.2, 0) is 17.4 Å². The molecule has 2 rings (SSSR count). The molecule has 0 N–H and O–H groups in total. The first kappa shape index (κ1) is 11.0. The zero-order valence-corrected chi connectivity index (χ0v) is 9.86. The van der Waals surface area contributed by atoms with E-state index in [9.17, 15) is 4.57 Å². The summed E-state index contributed by atoms with van der Waals surface area (Å²) in [5.41, 5.74) is 2.64. The van der Waals surface area contributed by atoms with Gasteiger partial charge in [-0.15, -0.1) is 0 Å². The summed E-state index contributed by atoms with van der Waals surface area (Å²) in [7, 11) is 0.0966. The van der Waals surface area contributed by atoms with E-state index in [1.54, 1.807) is 0 Å². The van der Waals surface area contributed by atoms with Gasteiger partial charge in [-0.1, -0.05) is 42.5 Å². The highest BCUT2D eigenvalue weighted by molar-refractivity contribution is 7.34. The first-order valence-electron chi connectivity index (χ1n) is 5.35. The number of hydrogen-bond donors (Lipinski definition) is 0. The molecule has 1 nitrogen and oxygen atoms in total. The van der Waals surface area contributed by atoms with E-state index < -0.39 is 0 Å². The third-order valence-electron chi connectivity index (χ3n) is 2.59. The van der Waals surface area contributed by atoms with Crippen LogP contribution in [0.2, 0.25) is 0 Å². The van der Waals surface area contributed by atoms with Gasteiger partial charge in [0.1, 0.15) is 0 Å². The Morgan fingerprint density at radius 2 is 1.31 bits per heavy atom. The van der Waals surface area contributed by atoms with Gasteiger partial charge in [0.25, 0.3) is 0 Å². The Morgan fingerprint density at radius 3 is 1.88 bits per heavy atom. The standard InChI is InChI=1S/C14H13OP/c15-16-14-10-8-13(9-11-14)7-6-12-4-2-1-3-5-12/h1-5,8-11H,6-7H2. The van der Waals surface area contributed by atoms with E-state index in [4.69, 9.17) is 0 Å². The molecule has 2 aromatic carbocycles. The van der Waals surface area contributed by atoms with Crippen molar-refractivity contribution in [2.75, 3.05) is 0 Å². The van der Waals surface area contributed by atoms with Gasteiger partial charge >= 0.3 is 0 Å². The van der Waals surface area contributed by atoms with Crippen LogP contribution in [0.4, 0.5) is 0 Å². The van der Waals surface area contributed by atoms with Gasteiger partial charge in [-0.25, -0.2) is 0 Å². The molecular weight excluding hydrogens is 215 g/mol. The van der Waals surface area contributed by atoms with Crippen molar-refractivity contribution in [2.24, 2.45) is 0 Å². The molecule has 0 aliphatic heterocycles. The predicted molar refractivity (Wildman–Crippen MR) is 67.5 cm³/mol. The minimum Gasteiger partial charge on any atom is -0.269 e. The third kappa shape index (κ3) is 3.01. The minimum atomic E-state index is 0.0966. The zero-order valence-electron chi connectivity index (χ0n) is 8.97. The van der Waals surface area contributed by atoms with Crippen LogP contribution < -0.4 is 5.30 Å². The molecule has 0 aromatic heterocycles. The largest absolute Gasteiger partial charge is 0.269 e. The van der Waals surface area contributed by atoms with Crippen LogP contribution in [0.25, 0.3) is 0 Å². The van der Waals surface area contributed by atoms with Crippen molar-refractivity contribution in [3.05, 3.63) is 65.7 Å². The summed E-state index contributed by atoms with van der Waals surface area (Å²) in [4.78, 5) is 0. The lowest BCUT2D eigenvalue weighted by Gasteiger charge is -2.01. The molecule has 0 saturated carbocycles. The number of aryl methyl sites for hydroxylation is 2. The van der Waals surface area contributed by atoms with Crippen LogP contribution in [0.5, 0.6) is 0 Å². The number of hydrogen-bond acceptors (Lipinski definition) is 1. The Morgan fingerprint density at radius 1 is 0.750 bits per heavy atom. The molecule has 0 aliphatic carbocycles. The minimum absolute atomic E-state index is 0.0966. The molecule has 0 saturated heterocycles. The Bertz CT molecular complexity index is 448. The van der Waals surface area contributed by atoms with Crippen LogP contribution >= 0.6 is 8.46 Å². The Labute approximate surface area is 97.3 Å². The molecule has 80 valence electrons. The summed E-state index contributed by atoms with van der Waals surface area (Å²) in [5, 5.41) is 0.837. The van der Waals surface area contributed by atoms with Crippen molar-refractivity contribution in [1.29, 1.82) is 0 Å². The first-order chi connectivity index (χ1) is 7.88. The molecule has 16 heavy (non-hydrogen) atoms. The lowest BCUT2D eigenvalue weighted by molar-refractivity contribution is 0.603. The quantitative estimate of drug-likeness (QED) is 0.733. The molecule has 0 heterocycles. The summed E-state index contributed by atoms with van der Waals surface area (Å²) < 4.78 is 10.6. The fourth-order valence-corrected chi connectivity index (χ4v) is 1.93. The predicted octanol–water partition coefficient (Wildman–Crippen LogP) is 3.39. The molecule has 0 amide bonds. The second kappa shape index (κ2) is 5.58. The van der Waals surface area contributed by atoms with Crippen LogP contribution in [-0.4, -0.2) is 0 Å². The lowest BCUT2D eigenvalue weighted by Crippen LogP contribution is -1.94. The van der Waals surface area contributed by atoms with Crippen molar-refractivity contribution in [3.63, 3.8) is 0 Å². The van der Waals surface area contributed by atoms with Gasteiger partial charge in [0, 0.05) is 5.30 Å². The summed E-state index contributed by atoms with van der Waals surface area (Å²) in [5.74, 6) is 0. The lowest BCUT2D eigenvalue weighted by atomic mass is 10.0. The van der Waals surface area contributed by atoms with Crippen molar-refractivity contribution in [2.45, 2.75) is 12.8 Å². The molecule has 2 heteroatoms. The normalized spacial score (nSPS) is 10.5. The molecular formula is C14H13OP. The van der Waals surface area contributed by atoms with Gasteiger partial charge in [0.05, 0.1) is 0 Å². The number of benzene rings is 2. The molecule has 0 radical (unpaired) electrons. The van der Waals surface area contributed by atoms with Gasteiger partial charge in [0.2, 0.25) is 0 Å². The first-order valence-corrected chi connectivity index (χ1v) is 6.16. The second-order valence-electron chi connectivity index (χ2n) is 3.74. The van der Waals surface area contributed by atoms with Gasteiger partial charge in [-0.05, 0) is 36.1 Å². The molecule has 0 spiro atoms. The smallest absolute Gasteiger partial charge is 0.192 e. The summed E-state index contributed by atoms with van der Waals surface area (Å²) >= 11 is 0. The monoisotopic (exact) mass is 228 g/mol. The van der Waals surface area contributed by atoms with Crippen molar-refractivity contribution >= 4 is 13.8 Å². The highest BCUT2D eigenvalue weighted by Gasteiger charge is 1.96. The molecule has 2 aromatic rings. The maximum absolute atomic E-state index is 10.6. The topological polar surface area (TPSA) is 17.1 Å². The highest BCUT2D eigenvalue weighted by Crippen LogP contribution is 2.07. The van der Waals surface area contributed by atoms with Gasteiger partial charge < -0.3 is 0 Å². The van der Waals surface area contributed by atoms with Crippen LogP contribution in [0.1, 0.15) is 11.1 Å². The zero-order chi connectivity index (χ0) is 11.2. The summed E-state index contributed by atoms with van der Waals surface area (Å²) in [6.45, 7) is 0. The van der Waals surface area contributed by atoms with Crippen LogP contribution in [0.3, 0.4) is 0 Å². The fraction of sp³-hybridized carbons (Fsp3) is 0.143. The second-order valence-corrected chi connectivity index (χ2v) is 4.44. The maximum Gasteiger partial charge on any atom is 0.192 e. The van der Waals surface area contributed by atoms with E-state index in [2.05, 4.69) is 24.3 Å². The molecule has 0 bridgehead atoms. The number of rotatable bonds is 4. The van der Waals surface area contributed by atoms with E-state index >= 15 is 0 Å². The van der Waals surface area contributed by atoms with Crippen LogP contribution in [0.15, 0.2) is 54.6 Å². The van der Waals surface area contributed by atoms with E-state index in [1.807, 2.05) is 30.3 Å². The highest BCUT2D eigenvalue weighted by atomic mass is 31.1. The molecule has 0 unspecified atom stereocenters. The SMILES string of the molecule is O=Pc1ccc(CCc2ccccc2)cc1. The van der Waals surface area contributed by atoms with Crippen molar-refractivity contribution in [3.8, 4) is 0 Å². The van der Waals surface area contributed by atoms with Crippen molar-refractivity contribution in [1.82, 2.24) is 0 Å². The maximum atomic E-state index is 10.6. The third-order valence-corrected chi connectivity index (χ3v) is 3.10. The van der Waals surface area contributed by atoms with Crippen LogP contribution in [0, 0.1) is 0 Å². The van der Waals surface area contributed by atoms with E-state index in [0.29, 0.717) is 0 Å². The molecule has 0 aliphatic rings. The van der Waals surface area contributed by atoms with Gasteiger partial charge in [-0.2, -0.15) is 0 Å². The summed E-state index contributed by atoms with van der Waals surface area (Å²) in [6, 6.07) is 18.4. The average molecular weight is 228 g/mol. The van der Waals surface area contributed by atoms with Crippen molar-refractivity contribution < 1.29 is 4.57 Å². The Balaban J connectivity index is 1.97. The van der Waals surface area contributed by atoms with Gasteiger partial charge in [0.15, 0.2) is 8.46 Å². The molecule has 0 fully saturated rings. The Kier molecular flexibility index (Phi) is 3.85. The van der Waals surface area contributed by atoms with E-state index in [0.717, 1.165) is 18.1 Å². The average Bonchev–Trinajstić information content (AvgIpc) is 2.38.